The molecule has 96 valence electrons. The molecule has 17 heavy (non-hydrogen) atoms. The summed E-state index contributed by atoms with van der Waals surface area (Å²) >= 11 is 0. The molecule has 3 nitrogen and oxygen atoms in total. The van der Waals surface area contributed by atoms with E-state index in [-0.39, 0.29) is 6.10 Å². The molecule has 0 spiro atoms. The Kier molecular flexibility index (Phi) is 4.62. The Morgan fingerprint density at radius 2 is 2.29 bits per heavy atom. The van der Waals surface area contributed by atoms with Crippen molar-refractivity contribution in [2.75, 3.05) is 13.2 Å². The van der Waals surface area contributed by atoms with Gasteiger partial charge in [-0.2, -0.15) is 0 Å². The van der Waals surface area contributed by atoms with Crippen LogP contribution >= 0.6 is 0 Å². The van der Waals surface area contributed by atoms with Gasteiger partial charge in [0.25, 0.3) is 0 Å². The van der Waals surface area contributed by atoms with Crippen LogP contribution < -0.4 is 5.73 Å². The molecule has 0 saturated heterocycles. The smallest absolute Gasteiger partial charge is 0.114 e. The van der Waals surface area contributed by atoms with Gasteiger partial charge in [0.1, 0.15) is 12.8 Å². The minimum Gasteiger partial charge on any atom is -0.329 e. The highest BCUT2D eigenvalue weighted by atomic mass is 19.1. The molecular weight excluding hydrogens is 221 g/mol. The number of allylic oxidation sites excluding steroid dienone is 4. The van der Waals surface area contributed by atoms with E-state index in [2.05, 4.69) is 11.5 Å². The lowest BCUT2D eigenvalue weighted by atomic mass is 9.92. The van der Waals surface area contributed by atoms with E-state index >= 15 is 0 Å². The summed E-state index contributed by atoms with van der Waals surface area (Å²) in [6.45, 7) is 7.26. The molecule has 0 aromatic rings. The molecule has 1 aliphatic carbocycles. The van der Waals surface area contributed by atoms with Crippen molar-refractivity contribution in [3.05, 3.63) is 35.5 Å². The van der Waals surface area contributed by atoms with Gasteiger partial charge in [-0.25, -0.2) is 9.28 Å². The van der Waals surface area contributed by atoms with Crippen LogP contribution in [0.2, 0.25) is 0 Å². The molecule has 3 N–H and O–H groups in total. The average molecular weight is 241 g/mol. The Balaban J connectivity index is 3.04. The van der Waals surface area contributed by atoms with Crippen LogP contribution in [0.5, 0.6) is 0 Å². The summed E-state index contributed by atoms with van der Waals surface area (Å²) in [5.74, 6) is 0. The van der Waals surface area contributed by atoms with Crippen molar-refractivity contribution in [3.63, 3.8) is 0 Å². The van der Waals surface area contributed by atoms with E-state index in [1.165, 1.54) is 0 Å². The van der Waals surface area contributed by atoms with Gasteiger partial charge in [0.2, 0.25) is 0 Å². The molecule has 0 aromatic heterocycles. The summed E-state index contributed by atoms with van der Waals surface area (Å²) in [4.78, 5) is 4.35. The highest BCUT2D eigenvalue weighted by Gasteiger charge is 2.56. The number of nitrogens with two attached hydrogens (primary N) is 1. The first kappa shape index (κ1) is 14.1. The lowest BCUT2D eigenvalue weighted by Gasteiger charge is -2.16. The normalized spacial score (nSPS) is 27.8. The molecule has 0 radical (unpaired) electrons. The topological polar surface area (TPSA) is 55.5 Å². The summed E-state index contributed by atoms with van der Waals surface area (Å²) in [6.07, 6.45) is 3.74. The third kappa shape index (κ3) is 2.65. The van der Waals surface area contributed by atoms with Crippen molar-refractivity contribution in [2.24, 2.45) is 11.1 Å². The predicted octanol–water partition coefficient (Wildman–Crippen LogP) is 2.61. The number of alkyl halides is 1. The molecule has 0 heterocycles. The van der Waals surface area contributed by atoms with E-state index in [0.29, 0.717) is 18.5 Å². The Hall–Kier alpha value is -0.970. The molecule has 1 unspecified atom stereocenters. The Morgan fingerprint density at radius 1 is 1.65 bits per heavy atom. The maximum absolute atomic E-state index is 12.8. The van der Waals surface area contributed by atoms with Gasteiger partial charge in [0, 0.05) is 12.0 Å². The van der Waals surface area contributed by atoms with Crippen LogP contribution in [0.1, 0.15) is 20.3 Å². The molecule has 1 fully saturated rings. The van der Waals surface area contributed by atoms with Gasteiger partial charge >= 0.3 is 0 Å². The van der Waals surface area contributed by atoms with Crippen molar-refractivity contribution in [3.8, 4) is 0 Å². The van der Waals surface area contributed by atoms with Crippen molar-refractivity contribution in [2.45, 2.75) is 26.4 Å². The van der Waals surface area contributed by atoms with Crippen molar-refractivity contribution in [1.29, 1.82) is 0 Å². The molecule has 0 aliphatic heterocycles. The van der Waals surface area contributed by atoms with Gasteiger partial charge in [-0.05, 0) is 31.4 Å². The Morgan fingerprint density at radius 3 is 2.59 bits per heavy atom. The first-order chi connectivity index (χ1) is 8.05. The van der Waals surface area contributed by atoms with Gasteiger partial charge < -0.3 is 5.73 Å². The molecule has 0 aromatic carbocycles. The first-order valence-corrected chi connectivity index (χ1v) is 5.63. The van der Waals surface area contributed by atoms with Crippen LogP contribution in [0.3, 0.4) is 0 Å². The number of halogens is 1. The van der Waals surface area contributed by atoms with Gasteiger partial charge in [0.05, 0.1) is 0 Å². The third-order valence-corrected chi connectivity index (χ3v) is 3.41. The van der Waals surface area contributed by atoms with Crippen molar-refractivity contribution < 1.29 is 14.5 Å². The summed E-state index contributed by atoms with van der Waals surface area (Å²) < 4.78 is 12.8. The largest absolute Gasteiger partial charge is 0.329 e. The third-order valence-electron chi connectivity index (χ3n) is 3.41. The summed E-state index contributed by atoms with van der Waals surface area (Å²) in [7, 11) is 0. The molecular formula is C13H20FNO2. The fraction of sp³-hybridized carbons (Fsp3) is 0.538. The molecule has 1 aliphatic rings. The number of hydrogen-bond acceptors (Lipinski definition) is 3. The van der Waals surface area contributed by atoms with Gasteiger partial charge in [-0.1, -0.05) is 24.3 Å². The second-order valence-corrected chi connectivity index (χ2v) is 4.62. The van der Waals surface area contributed by atoms with Crippen LogP contribution in [0, 0.1) is 5.41 Å². The zero-order chi connectivity index (χ0) is 13.1. The van der Waals surface area contributed by atoms with E-state index in [1.54, 1.807) is 12.2 Å². The molecule has 1 rings (SSSR count). The average Bonchev–Trinajstić information content (AvgIpc) is 3.05. The SMILES string of the molecule is C=C/C(=C\C(CF)=C(C)C)C1(CN)C[C@H]1OO. The van der Waals surface area contributed by atoms with Crippen LogP contribution in [0.4, 0.5) is 4.39 Å². The Labute approximate surface area is 101 Å². The highest BCUT2D eigenvalue weighted by molar-refractivity contribution is 5.41. The maximum atomic E-state index is 12.8. The van der Waals surface area contributed by atoms with E-state index in [9.17, 15) is 4.39 Å². The second kappa shape index (κ2) is 5.58. The van der Waals surface area contributed by atoms with E-state index in [0.717, 1.165) is 11.1 Å². The zero-order valence-electron chi connectivity index (χ0n) is 10.4. The van der Waals surface area contributed by atoms with Crippen LogP contribution in [0.25, 0.3) is 0 Å². The number of rotatable bonds is 6. The molecule has 0 amide bonds. The van der Waals surface area contributed by atoms with Crippen molar-refractivity contribution in [1.82, 2.24) is 0 Å². The van der Waals surface area contributed by atoms with Crippen LogP contribution in [-0.2, 0) is 4.89 Å². The van der Waals surface area contributed by atoms with Gasteiger partial charge in [0.15, 0.2) is 0 Å². The van der Waals surface area contributed by atoms with Crippen LogP contribution in [0.15, 0.2) is 35.5 Å². The lowest BCUT2D eigenvalue weighted by Crippen LogP contribution is -2.22. The monoisotopic (exact) mass is 241 g/mol. The minimum absolute atomic E-state index is 0.310. The van der Waals surface area contributed by atoms with Gasteiger partial charge in [-0.3, -0.25) is 5.26 Å². The predicted molar refractivity (Wildman–Crippen MR) is 66.2 cm³/mol. The summed E-state index contributed by atoms with van der Waals surface area (Å²) in [6, 6.07) is 0. The van der Waals surface area contributed by atoms with Crippen molar-refractivity contribution >= 4 is 0 Å². The van der Waals surface area contributed by atoms with Crippen LogP contribution in [-0.4, -0.2) is 24.6 Å². The standard InChI is InChI=1S/C13H20FNO2/c1-4-11(5-10(7-14)9(2)3)13(8-15)6-12(13)17-16/h4-5,12,16H,1,6-8,15H2,2-3H3/b11-5+/t12-,13?/m1/s1. The quantitative estimate of drug-likeness (QED) is 0.427. The summed E-state index contributed by atoms with van der Waals surface area (Å²) in [5, 5.41) is 8.71. The molecule has 2 atom stereocenters. The van der Waals surface area contributed by atoms with E-state index < -0.39 is 12.1 Å². The van der Waals surface area contributed by atoms with Gasteiger partial charge in [-0.15, -0.1) is 0 Å². The highest BCUT2D eigenvalue weighted by Crippen LogP contribution is 2.53. The lowest BCUT2D eigenvalue weighted by molar-refractivity contribution is -0.258. The zero-order valence-corrected chi connectivity index (χ0v) is 10.4. The van der Waals surface area contributed by atoms with E-state index in [4.69, 9.17) is 11.0 Å². The minimum atomic E-state index is -0.523. The van der Waals surface area contributed by atoms with E-state index in [1.807, 2.05) is 13.8 Å². The fourth-order valence-electron chi connectivity index (χ4n) is 1.96. The summed E-state index contributed by atoms with van der Waals surface area (Å²) in [5.41, 5.74) is 7.67. The maximum Gasteiger partial charge on any atom is 0.114 e. The second-order valence-electron chi connectivity index (χ2n) is 4.62. The Bertz CT molecular complexity index is 358. The molecule has 1 saturated carbocycles. The fourth-order valence-corrected chi connectivity index (χ4v) is 1.96. The molecule has 0 bridgehead atoms. The number of hydrogen-bond donors (Lipinski definition) is 2. The molecule has 4 heteroatoms. The first-order valence-electron chi connectivity index (χ1n) is 5.63.